The lowest BCUT2D eigenvalue weighted by molar-refractivity contribution is 0.0937. The number of benzene rings is 2. The van der Waals surface area contributed by atoms with Crippen molar-refractivity contribution in [3.63, 3.8) is 0 Å². The molecule has 3 rings (SSSR count). The monoisotopic (exact) mass is 481 g/mol. The van der Waals surface area contributed by atoms with Gasteiger partial charge in [0.1, 0.15) is 5.82 Å². The molecule has 0 spiro atoms. The molecule has 32 heavy (non-hydrogen) atoms. The minimum absolute atomic E-state index is 0.0980. The molecular formula is C23H29ClFN3O3S. The number of hydrogen-bond donors (Lipinski definition) is 1. The third-order valence-electron chi connectivity index (χ3n) is 6.01. The molecule has 1 fully saturated rings. The standard InChI is InChI=1S/C23H29ClFN3O3S/c1-15-12-17(13-21(16(15)2)32(30,31)27(3)4)23(29)26-14-20(28-10-5-6-11-28)22-18(24)8-7-9-19(22)25/h7-9,12-13,20H,5-6,10-11,14H2,1-4H3,(H,26,29). The lowest BCUT2D eigenvalue weighted by atomic mass is 10.0. The molecule has 0 saturated carbocycles. The molecule has 1 aliphatic heterocycles. The van der Waals surface area contributed by atoms with E-state index < -0.39 is 27.8 Å². The van der Waals surface area contributed by atoms with Crippen molar-refractivity contribution in [2.45, 2.75) is 37.6 Å². The normalized spacial score (nSPS) is 15.8. The highest BCUT2D eigenvalue weighted by Gasteiger charge is 2.29. The molecule has 1 atom stereocenters. The van der Waals surface area contributed by atoms with E-state index in [4.69, 9.17) is 11.6 Å². The molecular weight excluding hydrogens is 453 g/mol. The van der Waals surface area contributed by atoms with Gasteiger partial charge in [0.15, 0.2) is 0 Å². The van der Waals surface area contributed by atoms with E-state index >= 15 is 0 Å². The Balaban J connectivity index is 1.90. The van der Waals surface area contributed by atoms with Crippen molar-refractivity contribution in [3.8, 4) is 0 Å². The largest absolute Gasteiger partial charge is 0.350 e. The van der Waals surface area contributed by atoms with Gasteiger partial charge in [0.25, 0.3) is 5.91 Å². The van der Waals surface area contributed by atoms with Gasteiger partial charge >= 0.3 is 0 Å². The number of carbonyl (C=O) groups excluding carboxylic acids is 1. The van der Waals surface area contributed by atoms with Crippen LogP contribution in [0.15, 0.2) is 35.2 Å². The Morgan fingerprint density at radius 2 is 1.88 bits per heavy atom. The van der Waals surface area contributed by atoms with Crippen LogP contribution in [0, 0.1) is 19.7 Å². The van der Waals surface area contributed by atoms with Crippen LogP contribution < -0.4 is 5.32 Å². The van der Waals surface area contributed by atoms with Gasteiger partial charge in [-0.3, -0.25) is 9.69 Å². The second-order valence-corrected chi connectivity index (χ2v) is 10.8. The third-order valence-corrected chi connectivity index (χ3v) is 8.28. The molecule has 0 radical (unpaired) electrons. The third kappa shape index (κ3) is 4.98. The molecule has 0 aromatic heterocycles. The van der Waals surface area contributed by atoms with Gasteiger partial charge in [-0.1, -0.05) is 17.7 Å². The molecule has 1 unspecified atom stereocenters. The van der Waals surface area contributed by atoms with Crippen LogP contribution in [0.25, 0.3) is 0 Å². The highest BCUT2D eigenvalue weighted by molar-refractivity contribution is 7.89. The first-order valence-corrected chi connectivity index (χ1v) is 12.4. The number of nitrogens with zero attached hydrogens (tertiary/aromatic N) is 2. The van der Waals surface area contributed by atoms with Gasteiger partial charge in [0, 0.05) is 36.8 Å². The highest BCUT2D eigenvalue weighted by atomic mass is 35.5. The van der Waals surface area contributed by atoms with Crippen molar-refractivity contribution in [1.82, 2.24) is 14.5 Å². The molecule has 0 bridgehead atoms. The minimum atomic E-state index is -3.71. The van der Waals surface area contributed by atoms with Crippen LogP contribution >= 0.6 is 11.6 Å². The zero-order valence-electron chi connectivity index (χ0n) is 18.8. The van der Waals surface area contributed by atoms with Crippen LogP contribution in [0.1, 0.15) is 45.9 Å². The summed E-state index contributed by atoms with van der Waals surface area (Å²) in [7, 11) is -0.799. The second kappa shape index (κ2) is 9.87. The maximum atomic E-state index is 14.7. The number of amides is 1. The fourth-order valence-corrected chi connectivity index (χ4v) is 5.52. The Bertz CT molecular complexity index is 1100. The molecule has 1 N–H and O–H groups in total. The van der Waals surface area contributed by atoms with Crippen LogP contribution in [-0.2, 0) is 10.0 Å². The summed E-state index contributed by atoms with van der Waals surface area (Å²) in [5, 5.41) is 3.19. The van der Waals surface area contributed by atoms with Gasteiger partial charge in [0.05, 0.1) is 10.9 Å². The molecule has 1 heterocycles. The van der Waals surface area contributed by atoms with E-state index in [0.29, 0.717) is 21.7 Å². The van der Waals surface area contributed by atoms with E-state index in [1.54, 1.807) is 32.0 Å². The maximum absolute atomic E-state index is 14.7. The van der Waals surface area contributed by atoms with Crippen LogP contribution in [0.4, 0.5) is 4.39 Å². The van der Waals surface area contributed by atoms with Crippen LogP contribution in [0.2, 0.25) is 5.02 Å². The van der Waals surface area contributed by atoms with Gasteiger partial charge < -0.3 is 5.32 Å². The van der Waals surface area contributed by atoms with E-state index in [-0.39, 0.29) is 17.0 Å². The number of nitrogens with one attached hydrogen (secondary N) is 1. The van der Waals surface area contributed by atoms with Crippen molar-refractivity contribution < 1.29 is 17.6 Å². The van der Waals surface area contributed by atoms with Gasteiger partial charge in [-0.05, 0) is 75.2 Å². The Morgan fingerprint density at radius 3 is 2.47 bits per heavy atom. The molecule has 9 heteroatoms. The predicted octanol–water partition coefficient (Wildman–Crippen LogP) is 3.91. The Morgan fingerprint density at radius 1 is 1.22 bits per heavy atom. The highest BCUT2D eigenvalue weighted by Crippen LogP contribution is 2.32. The van der Waals surface area contributed by atoms with Crippen molar-refractivity contribution in [3.05, 3.63) is 63.4 Å². The summed E-state index contributed by atoms with van der Waals surface area (Å²) >= 11 is 6.32. The fraction of sp³-hybridized carbons (Fsp3) is 0.435. The van der Waals surface area contributed by atoms with Crippen LogP contribution in [0.3, 0.4) is 0 Å². The number of aryl methyl sites for hydroxylation is 1. The molecule has 174 valence electrons. The van der Waals surface area contributed by atoms with E-state index in [0.717, 1.165) is 30.2 Å². The second-order valence-electron chi connectivity index (χ2n) is 8.31. The number of sulfonamides is 1. The van der Waals surface area contributed by atoms with Gasteiger partial charge in [0.2, 0.25) is 10.0 Å². The summed E-state index contributed by atoms with van der Waals surface area (Å²) < 4.78 is 41.2. The Hall–Kier alpha value is -2.00. The lowest BCUT2D eigenvalue weighted by Gasteiger charge is -2.29. The van der Waals surface area contributed by atoms with Gasteiger partial charge in [-0.2, -0.15) is 0 Å². The molecule has 6 nitrogen and oxygen atoms in total. The maximum Gasteiger partial charge on any atom is 0.251 e. The summed E-state index contributed by atoms with van der Waals surface area (Å²) in [5.74, 6) is -0.825. The molecule has 1 saturated heterocycles. The molecule has 2 aromatic rings. The quantitative estimate of drug-likeness (QED) is 0.651. The van der Waals surface area contributed by atoms with Crippen molar-refractivity contribution in [2.24, 2.45) is 0 Å². The average molecular weight is 482 g/mol. The van der Waals surface area contributed by atoms with Crippen LogP contribution in [-0.4, -0.2) is 57.3 Å². The van der Waals surface area contributed by atoms with E-state index in [2.05, 4.69) is 10.2 Å². The summed E-state index contributed by atoms with van der Waals surface area (Å²) in [6.45, 7) is 5.23. The van der Waals surface area contributed by atoms with Crippen LogP contribution in [0.5, 0.6) is 0 Å². The average Bonchev–Trinajstić information content (AvgIpc) is 3.26. The van der Waals surface area contributed by atoms with Gasteiger partial charge in [-0.15, -0.1) is 0 Å². The van der Waals surface area contributed by atoms with Crippen molar-refractivity contribution >= 4 is 27.5 Å². The zero-order valence-corrected chi connectivity index (χ0v) is 20.4. The minimum Gasteiger partial charge on any atom is -0.350 e. The number of halogens is 2. The smallest absolute Gasteiger partial charge is 0.251 e. The van der Waals surface area contributed by atoms with E-state index in [1.807, 2.05) is 0 Å². The summed E-state index contributed by atoms with van der Waals surface area (Å²) in [4.78, 5) is 15.2. The van der Waals surface area contributed by atoms with Gasteiger partial charge in [-0.25, -0.2) is 17.1 Å². The van der Waals surface area contributed by atoms with E-state index in [1.165, 1.54) is 26.2 Å². The Labute approximate surface area is 194 Å². The number of carbonyl (C=O) groups is 1. The number of rotatable bonds is 7. The van der Waals surface area contributed by atoms with Crippen molar-refractivity contribution in [2.75, 3.05) is 33.7 Å². The predicted molar refractivity (Wildman–Crippen MR) is 124 cm³/mol. The molecule has 1 aliphatic rings. The Kier molecular flexibility index (Phi) is 7.60. The van der Waals surface area contributed by atoms with Crippen molar-refractivity contribution in [1.29, 1.82) is 0 Å². The topological polar surface area (TPSA) is 69.7 Å². The zero-order chi connectivity index (χ0) is 23.6. The molecule has 0 aliphatic carbocycles. The number of likely N-dealkylation sites (tertiary alicyclic amines) is 1. The summed E-state index contributed by atoms with van der Waals surface area (Å²) in [6, 6.07) is 7.23. The van der Waals surface area contributed by atoms with E-state index in [9.17, 15) is 17.6 Å². The summed E-state index contributed by atoms with van der Waals surface area (Å²) in [5.41, 5.74) is 1.91. The first kappa shape index (κ1) is 24.6. The summed E-state index contributed by atoms with van der Waals surface area (Å²) in [6.07, 6.45) is 2.00. The lowest BCUT2D eigenvalue weighted by Crippen LogP contribution is -2.37. The first-order chi connectivity index (χ1) is 15.0. The molecule has 2 aromatic carbocycles. The molecule has 1 amide bonds. The SMILES string of the molecule is Cc1cc(C(=O)NCC(c2c(F)cccc2Cl)N2CCCC2)cc(S(=O)(=O)N(C)C)c1C. The first-order valence-electron chi connectivity index (χ1n) is 10.5. The fourth-order valence-electron chi connectivity index (χ4n) is 4.01. The number of hydrogen-bond acceptors (Lipinski definition) is 4.